The molecule has 2 amide bonds. The van der Waals surface area contributed by atoms with Crippen LogP contribution in [0.4, 0.5) is 19.0 Å². The molecule has 0 aromatic carbocycles. The molecule has 1 aromatic rings. The summed E-state index contributed by atoms with van der Waals surface area (Å²) in [5.41, 5.74) is 10.4. The largest absolute Gasteiger partial charge is 0.471 e. The molecule has 4 rings (SSSR count). The Bertz CT molecular complexity index is 1110. The summed E-state index contributed by atoms with van der Waals surface area (Å²) in [5.74, 6) is -0.762. The average molecular weight is 541 g/mol. The molecule has 0 radical (unpaired) electrons. The van der Waals surface area contributed by atoms with Gasteiger partial charge in [-0.1, -0.05) is 6.92 Å². The van der Waals surface area contributed by atoms with Gasteiger partial charge in [0.1, 0.15) is 24.3 Å². The van der Waals surface area contributed by atoms with Gasteiger partial charge < -0.3 is 30.9 Å². The molecule has 0 spiro atoms. The maximum absolute atomic E-state index is 13.6. The molecule has 2 fully saturated rings. The molecular weight excluding hydrogens is 505 g/mol. The molecule has 3 aliphatic rings. The van der Waals surface area contributed by atoms with Crippen molar-refractivity contribution in [1.29, 1.82) is 0 Å². The van der Waals surface area contributed by atoms with Crippen molar-refractivity contribution in [2.24, 2.45) is 5.73 Å². The summed E-state index contributed by atoms with van der Waals surface area (Å²) in [6.07, 6.45) is -1.45. The number of likely N-dealkylation sites (N-methyl/N-ethyl adjacent to an activating group) is 1. The third kappa shape index (κ3) is 4.76. The van der Waals surface area contributed by atoms with Crippen molar-refractivity contribution in [3.05, 3.63) is 35.9 Å². The van der Waals surface area contributed by atoms with Crippen LogP contribution in [0.1, 0.15) is 45.4 Å². The van der Waals surface area contributed by atoms with Gasteiger partial charge in [-0.2, -0.15) is 13.2 Å². The monoisotopic (exact) mass is 540 g/mol. The second kappa shape index (κ2) is 9.89. The fourth-order valence-corrected chi connectivity index (χ4v) is 5.63. The number of nitrogens with two attached hydrogens (primary N) is 1. The Balaban J connectivity index is 1.74. The molecular formula is C24H35F3N8O3. The van der Waals surface area contributed by atoms with Crippen molar-refractivity contribution in [2.45, 2.75) is 62.6 Å². The Morgan fingerprint density at radius 2 is 2.11 bits per heavy atom. The molecule has 14 heteroatoms. The minimum atomic E-state index is -4.42. The number of likely N-dealkylation sites (tertiary alicyclic amines) is 1. The molecule has 11 nitrogen and oxygen atoms in total. The number of rotatable bonds is 9. The predicted molar refractivity (Wildman–Crippen MR) is 133 cm³/mol. The van der Waals surface area contributed by atoms with Crippen LogP contribution in [-0.2, 0) is 14.3 Å². The van der Waals surface area contributed by atoms with Crippen molar-refractivity contribution in [2.75, 3.05) is 38.5 Å². The Morgan fingerprint density at radius 3 is 2.66 bits per heavy atom. The lowest BCUT2D eigenvalue weighted by Crippen LogP contribution is -2.69. The van der Waals surface area contributed by atoms with Gasteiger partial charge in [0.25, 0.3) is 5.91 Å². The third-order valence-electron chi connectivity index (χ3n) is 8.04. The maximum Gasteiger partial charge on any atom is 0.405 e. The van der Waals surface area contributed by atoms with Crippen LogP contribution >= 0.6 is 0 Å². The summed E-state index contributed by atoms with van der Waals surface area (Å²) < 4.78 is 44.3. The van der Waals surface area contributed by atoms with Crippen LogP contribution in [-0.4, -0.2) is 82.6 Å². The number of nitrogens with one attached hydrogen (secondary N) is 4. The molecule has 3 atom stereocenters. The number of pyridine rings is 1. The number of aromatic nitrogens is 1. The van der Waals surface area contributed by atoms with Gasteiger partial charge in [-0.25, -0.2) is 10.4 Å². The lowest BCUT2D eigenvalue weighted by molar-refractivity contribution is -0.136. The quantitative estimate of drug-likeness (QED) is 0.310. The van der Waals surface area contributed by atoms with Crippen LogP contribution < -0.4 is 27.2 Å². The van der Waals surface area contributed by atoms with Gasteiger partial charge in [0.05, 0.1) is 16.6 Å². The van der Waals surface area contributed by atoms with E-state index in [9.17, 15) is 22.8 Å². The molecule has 6 N–H and O–H groups in total. The number of alkyl halides is 3. The van der Waals surface area contributed by atoms with Crippen molar-refractivity contribution in [1.82, 2.24) is 31.0 Å². The molecule has 4 heterocycles. The van der Waals surface area contributed by atoms with Crippen LogP contribution in [0, 0.1) is 0 Å². The minimum Gasteiger partial charge on any atom is -0.471 e. The number of anilines is 1. The van der Waals surface area contributed by atoms with Crippen LogP contribution in [0.15, 0.2) is 30.3 Å². The third-order valence-corrected chi connectivity index (χ3v) is 8.04. The normalized spacial score (nSPS) is 29.0. The first-order chi connectivity index (χ1) is 17.8. The summed E-state index contributed by atoms with van der Waals surface area (Å²) in [7, 11) is 1.77. The Hall–Kier alpha value is -3.10. The molecule has 0 saturated carbocycles. The molecule has 0 aliphatic carbocycles. The van der Waals surface area contributed by atoms with Gasteiger partial charge in [-0.15, -0.1) is 0 Å². The highest BCUT2D eigenvalue weighted by Gasteiger charge is 2.60. The van der Waals surface area contributed by atoms with E-state index in [2.05, 4.69) is 26.5 Å². The first kappa shape index (κ1) is 27.9. The molecule has 38 heavy (non-hydrogen) atoms. The van der Waals surface area contributed by atoms with Crippen molar-refractivity contribution in [3.63, 3.8) is 0 Å². The Labute approximate surface area is 219 Å². The fourth-order valence-electron chi connectivity index (χ4n) is 5.63. The lowest BCUT2D eigenvalue weighted by Gasteiger charge is -2.51. The zero-order valence-electron chi connectivity index (χ0n) is 21.9. The van der Waals surface area contributed by atoms with E-state index < -0.39 is 41.5 Å². The number of nitrogens with zero attached hydrogens (tertiary/aromatic N) is 3. The first-order valence-corrected chi connectivity index (χ1v) is 12.5. The zero-order valence-corrected chi connectivity index (χ0v) is 21.9. The van der Waals surface area contributed by atoms with Gasteiger partial charge >= 0.3 is 6.18 Å². The minimum absolute atomic E-state index is 0.00310. The van der Waals surface area contributed by atoms with Crippen molar-refractivity contribution >= 4 is 17.6 Å². The number of ether oxygens (including phenoxy) is 1. The Kier molecular flexibility index (Phi) is 7.27. The van der Waals surface area contributed by atoms with Crippen LogP contribution in [0.25, 0.3) is 0 Å². The Morgan fingerprint density at radius 1 is 1.37 bits per heavy atom. The summed E-state index contributed by atoms with van der Waals surface area (Å²) in [5, 5.41) is 5.46. The van der Waals surface area contributed by atoms with Crippen molar-refractivity contribution < 1.29 is 27.5 Å². The van der Waals surface area contributed by atoms with Gasteiger partial charge in [-0.05, 0) is 45.9 Å². The van der Waals surface area contributed by atoms with Crippen LogP contribution in [0.3, 0.4) is 0 Å². The van der Waals surface area contributed by atoms with Gasteiger partial charge in [0.2, 0.25) is 5.91 Å². The summed E-state index contributed by atoms with van der Waals surface area (Å²) in [6, 6.07) is 3.05. The highest BCUT2D eigenvalue weighted by atomic mass is 19.4. The molecule has 3 aliphatic heterocycles. The lowest BCUT2D eigenvalue weighted by atomic mass is 9.78. The van der Waals surface area contributed by atoms with E-state index in [0.29, 0.717) is 31.5 Å². The smallest absolute Gasteiger partial charge is 0.405 e. The second-order valence-electron chi connectivity index (χ2n) is 10.5. The molecule has 3 unspecified atom stereocenters. The summed E-state index contributed by atoms with van der Waals surface area (Å²) >= 11 is 0. The zero-order chi connectivity index (χ0) is 27.9. The number of carbonyl (C=O) groups is 2. The van der Waals surface area contributed by atoms with Crippen LogP contribution in [0.5, 0.6) is 0 Å². The highest BCUT2D eigenvalue weighted by Crippen LogP contribution is 2.45. The fraction of sp³-hybridized carbons (Fsp3) is 0.625. The SMILES string of the molecule is CCC1(NC)CCN(CC2(N3C(C(N)=O)=COC3c3ccnc(NCC(F)(F)F)c3)CNNC2(C)C)C1=O. The standard InChI is InChI=1S/C24H35F3N8O3/c1-5-22(29-4)7-9-34(20(22)37)14-23(12-32-33-21(23,2)3)35-16(18(28)36)11-38-19(35)15-6-8-30-17(10-15)31-13-24(25,26)27/h6,8,10-11,19,29,32-33H,5,7,9,12-14H2,1-4H3,(H2,28,36)(H,30,31). The number of primary amides is 1. The molecule has 210 valence electrons. The topological polar surface area (TPSA) is 137 Å². The van der Waals surface area contributed by atoms with Gasteiger partial charge in [0.15, 0.2) is 6.23 Å². The number of hydrogen-bond acceptors (Lipinski definition) is 9. The predicted octanol–water partition coefficient (Wildman–Crippen LogP) is 0.939. The number of halogens is 3. The van der Waals surface area contributed by atoms with E-state index in [1.165, 1.54) is 18.5 Å². The first-order valence-electron chi connectivity index (χ1n) is 12.5. The van der Waals surface area contributed by atoms with E-state index in [4.69, 9.17) is 10.5 Å². The molecule has 2 saturated heterocycles. The van der Waals surface area contributed by atoms with E-state index in [1.807, 2.05) is 20.8 Å². The van der Waals surface area contributed by atoms with Crippen LogP contribution in [0.2, 0.25) is 0 Å². The number of carbonyl (C=O) groups excluding carboxylic acids is 2. The number of hydrogen-bond donors (Lipinski definition) is 5. The summed E-state index contributed by atoms with van der Waals surface area (Å²) in [6.45, 7) is 5.65. The summed E-state index contributed by atoms with van der Waals surface area (Å²) in [4.78, 5) is 33.7. The maximum atomic E-state index is 13.6. The van der Waals surface area contributed by atoms with Gasteiger partial charge in [-0.3, -0.25) is 15.0 Å². The van der Waals surface area contributed by atoms with Crippen molar-refractivity contribution in [3.8, 4) is 0 Å². The average Bonchev–Trinajstić information content (AvgIpc) is 3.52. The van der Waals surface area contributed by atoms with E-state index in [0.717, 1.165) is 0 Å². The number of amides is 2. The van der Waals surface area contributed by atoms with E-state index in [1.54, 1.807) is 22.9 Å². The van der Waals surface area contributed by atoms with Gasteiger partial charge in [0, 0.05) is 31.4 Å². The highest BCUT2D eigenvalue weighted by molar-refractivity contribution is 5.92. The molecule has 0 bridgehead atoms. The second-order valence-corrected chi connectivity index (χ2v) is 10.5. The molecule has 1 aromatic heterocycles. The van der Waals surface area contributed by atoms with E-state index >= 15 is 0 Å². The number of hydrazine groups is 1. The van der Waals surface area contributed by atoms with E-state index in [-0.39, 0.29) is 24.0 Å².